The average Bonchev–Trinajstić information content (AvgIpc) is 2.46. The van der Waals surface area contributed by atoms with Gasteiger partial charge in [0.25, 0.3) is 0 Å². The van der Waals surface area contributed by atoms with E-state index in [2.05, 4.69) is 18.7 Å². The first-order valence-corrected chi connectivity index (χ1v) is 9.60. The zero-order chi connectivity index (χ0) is 17.9. The fourth-order valence-corrected chi connectivity index (χ4v) is 4.43. The lowest BCUT2D eigenvalue weighted by molar-refractivity contribution is -0.0320. The van der Waals surface area contributed by atoms with Crippen LogP contribution in [0.15, 0.2) is 0 Å². The molecule has 0 radical (unpaired) electrons. The predicted molar refractivity (Wildman–Crippen MR) is 96.5 cm³/mol. The van der Waals surface area contributed by atoms with E-state index in [0.717, 1.165) is 38.8 Å². The number of carboxylic acid groups (broad SMARTS) is 1. The molecule has 1 aliphatic heterocycles. The standard InChI is InChI=1S/C19H36N2O3/c1-14(2)24-17-8-6-15(7-9-17)20-12-10-16(11-13-20)21(18(22)23)19(3,4)5/h14-17H,6-13H2,1-5H3,(H,22,23)/t15-,17+. The topological polar surface area (TPSA) is 53.0 Å². The summed E-state index contributed by atoms with van der Waals surface area (Å²) in [5.74, 6) is 0. The quantitative estimate of drug-likeness (QED) is 0.841. The van der Waals surface area contributed by atoms with Crippen molar-refractivity contribution in [3.63, 3.8) is 0 Å². The van der Waals surface area contributed by atoms with Crippen molar-refractivity contribution in [3.8, 4) is 0 Å². The molecule has 0 bridgehead atoms. The third-order valence-corrected chi connectivity index (χ3v) is 5.42. The minimum atomic E-state index is -0.785. The van der Waals surface area contributed by atoms with E-state index in [9.17, 15) is 9.90 Å². The number of nitrogens with zero attached hydrogens (tertiary/aromatic N) is 2. The number of rotatable bonds is 4. The van der Waals surface area contributed by atoms with Crippen LogP contribution in [0.25, 0.3) is 0 Å². The number of hydrogen-bond donors (Lipinski definition) is 1. The zero-order valence-electron chi connectivity index (χ0n) is 16.1. The highest BCUT2D eigenvalue weighted by molar-refractivity contribution is 5.66. The molecule has 1 N–H and O–H groups in total. The fourth-order valence-electron chi connectivity index (χ4n) is 4.43. The Kier molecular flexibility index (Phi) is 6.54. The third-order valence-electron chi connectivity index (χ3n) is 5.42. The first-order chi connectivity index (χ1) is 11.2. The van der Waals surface area contributed by atoms with Gasteiger partial charge in [0, 0.05) is 30.7 Å². The molecule has 140 valence electrons. The highest BCUT2D eigenvalue weighted by Gasteiger charge is 2.37. The summed E-state index contributed by atoms with van der Waals surface area (Å²) in [6.45, 7) is 12.2. The van der Waals surface area contributed by atoms with Crippen LogP contribution in [0, 0.1) is 0 Å². The molecule has 1 amide bonds. The number of ether oxygens (including phenoxy) is 1. The maximum Gasteiger partial charge on any atom is 0.407 e. The molecule has 5 nitrogen and oxygen atoms in total. The van der Waals surface area contributed by atoms with E-state index < -0.39 is 6.09 Å². The summed E-state index contributed by atoms with van der Waals surface area (Å²) in [7, 11) is 0. The van der Waals surface area contributed by atoms with Crippen LogP contribution in [0.4, 0.5) is 4.79 Å². The van der Waals surface area contributed by atoms with Gasteiger partial charge in [0.05, 0.1) is 12.2 Å². The lowest BCUT2D eigenvalue weighted by Gasteiger charge is -2.46. The molecule has 0 atom stereocenters. The van der Waals surface area contributed by atoms with Crippen LogP contribution >= 0.6 is 0 Å². The lowest BCUT2D eigenvalue weighted by Crippen LogP contribution is -2.56. The maximum absolute atomic E-state index is 11.7. The monoisotopic (exact) mass is 340 g/mol. The maximum atomic E-state index is 11.7. The van der Waals surface area contributed by atoms with E-state index in [0.29, 0.717) is 18.2 Å². The van der Waals surface area contributed by atoms with E-state index in [-0.39, 0.29) is 11.6 Å². The summed E-state index contributed by atoms with van der Waals surface area (Å²) in [5.41, 5.74) is -0.328. The summed E-state index contributed by atoms with van der Waals surface area (Å²) < 4.78 is 5.95. The van der Waals surface area contributed by atoms with Gasteiger partial charge in [-0.3, -0.25) is 0 Å². The average molecular weight is 341 g/mol. The number of hydrogen-bond acceptors (Lipinski definition) is 3. The van der Waals surface area contributed by atoms with Crippen LogP contribution in [-0.2, 0) is 4.74 Å². The summed E-state index contributed by atoms with van der Waals surface area (Å²) in [4.78, 5) is 15.9. The second-order valence-electron chi connectivity index (χ2n) is 8.71. The van der Waals surface area contributed by atoms with E-state index in [1.54, 1.807) is 4.90 Å². The molecule has 2 fully saturated rings. The van der Waals surface area contributed by atoms with Crippen molar-refractivity contribution in [3.05, 3.63) is 0 Å². The minimum absolute atomic E-state index is 0.152. The molecule has 5 heteroatoms. The largest absolute Gasteiger partial charge is 0.465 e. The van der Waals surface area contributed by atoms with Gasteiger partial charge in [-0.05, 0) is 73.1 Å². The number of amides is 1. The lowest BCUT2D eigenvalue weighted by atomic mass is 9.89. The fraction of sp³-hybridized carbons (Fsp3) is 0.947. The van der Waals surface area contributed by atoms with Gasteiger partial charge in [-0.1, -0.05) is 0 Å². The second kappa shape index (κ2) is 8.05. The number of carbonyl (C=O) groups is 1. The zero-order valence-corrected chi connectivity index (χ0v) is 16.1. The van der Waals surface area contributed by atoms with Crippen molar-refractivity contribution >= 4 is 6.09 Å². The first kappa shape index (κ1) is 19.5. The molecule has 2 rings (SSSR count). The van der Waals surface area contributed by atoms with Gasteiger partial charge in [-0.15, -0.1) is 0 Å². The smallest absolute Gasteiger partial charge is 0.407 e. The molecule has 0 aromatic heterocycles. The highest BCUT2D eigenvalue weighted by atomic mass is 16.5. The SMILES string of the molecule is CC(C)O[C@H]1CC[C@@H](N2CCC(N(C(=O)O)C(C)(C)C)CC2)CC1. The molecule has 0 aromatic carbocycles. The summed E-state index contributed by atoms with van der Waals surface area (Å²) >= 11 is 0. The first-order valence-electron chi connectivity index (χ1n) is 9.60. The second-order valence-corrected chi connectivity index (χ2v) is 8.71. The summed E-state index contributed by atoms with van der Waals surface area (Å²) in [5, 5.41) is 9.58. The van der Waals surface area contributed by atoms with Crippen LogP contribution < -0.4 is 0 Å². The van der Waals surface area contributed by atoms with Crippen LogP contribution in [0.1, 0.15) is 73.1 Å². The van der Waals surface area contributed by atoms with Crippen LogP contribution in [-0.4, -0.2) is 63.9 Å². The van der Waals surface area contributed by atoms with Gasteiger partial charge in [0.2, 0.25) is 0 Å². The molecule has 0 aromatic rings. The predicted octanol–water partition coefficient (Wildman–Crippen LogP) is 3.97. The van der Waals surface area contributed by atoms with E-state index >= 15 is 0 Å². The van der Waals surface area contributed by atoms with E-state index in [1.165, 1.54) is 12.8 Å². The van der Waals surface area contributed by atoms with Crippen LogP contribution in [0.5, 0.6) is 0 Å². The summed E-state index contributed by atoms with van der Waals surface area (Å²) in [6, 6.07) is 0.810. The van der Waals surface area contributed by atoms with Crippen LogP contribution in [0.3, 0.4) is 0 Å². The van der Waals surface area contributed by atoms with Gasteiger partial charge >= 0.3 is 6.09 Å². The molecule has 1 saturated carbocycles. The Morgan fingerprint density at radius 2 is 1.62 bits per heavy atom. The Bertz CT molecular complexity index is 403. The molecule has 1 aliphatic carbocycles. The molecule has 0 unspecified atom stereocenters. The van der Waals surface area contributed by atoms with Crippen molar-refractivity contribution < 1.29 is 14.6 Å². The Morgan fingerprint density at radius 3 is 2.04 bits per heavy atom. The Hall–Kier alpha value is -0.810. The highest BCUT2D eigenvalue weighted by Crippen LogP contribution is 2.30. The van der Waals surface area contributed by atoms with E-state index in [4.69, 9.17) is 4.74 Å². The van der Waals surface area contributed by atoms with Gasteiger partial charge in [0.1, 0.15) is 0 Å². The number of piperidine rings is 1. The van der Waals surface area contributed by atoms with Gasteiger partial charge in [-0.25, -0.2) is 4.79 Å². The van der Waals surface area contributed by atoms with Crippen molar-refractivity contribution in [2.75, 3.05) is 13.1 Å². The normalized spacial score (nSPS) is 27.4. The molecule has 2 aliphatic rings. The van der Waals surface area contributed by atoms with Crippen molar-refractivity contribution in [2.45, 2.75) is 103 Å². The van der Waals surface area contributed by atoms with Gasteiger partial charge < -0.3 is 19.6 Å². The van der Waals surface area contributed by atoms with Gasteiger partial charge in [-0.2, -0.15) is 0 Å². The molecule has 1 heterocycles. The molecule has 0 spiro atoms. The summed E-state index contributed by atoms with van der Waals surface area (Å²) in [6.07, 6.45) is 6.61. The molecular weight excluding hydrogens is 304 g/mol. The third kappa shape index (κ3) is 5.09. The van der Waals surface area contributed by atoms with Gasteiger partial charge in [0.15, 0.2) is 0 Å². The van der Waals surface area contributed by atoms with Crippen molar-refractivity contribution in [1.82, 2.24) is 9.80 Å². The Balaban J connectivity index is 1.82. The molecule has 24 heavy (non-hydrogen) atoms. The van der Waals surface area contributed by atoms with E-state index in [1.807, 2.05) is 20.8 Å². The van der Waals surface area contributed by atoms with Crippen molar-refractivity contribution in [2.24, 2.45) is 0 Å². The Morgan fingerprint density at radius 1 is 1.08 bits per heavy atom. The van der Waals surface area contributed by atoms with Crippen molar-refractivity contribution in [1.29, 1.82) is 0 Å². The minimum Gasteiger partial charge on any atom is -0.465 e. The molecular formula is C19H36N2O3. The molecule has 1 saturated heterocycles. The van der Waals surface area contributed by atoms with Crippen LogP contribution in [0.2, 0.25) is 0 Å². The number of likely N-dealkylation sites (tertiary alicyclic amines) is 1. The Labute approximate surface area is 147 Å².